The van der Waals surface area contributed by atoms with Crippen molar-refractivity contribution in [3.8, 4) is 5.75 Å². The second-order valence-electron chi connectivity index (χ2n) is 4.77. The van der Waals surface area contributed by atoms with E-state index in [1.54, 1.807) is 7.11 Å². The fourth-order valence-corrected chi connectivity index (χ4v) is 1.92. The maximum absolute atomic E-state index is 5.62. The van der Waals surface area contributed by atoms with Crippen molar-refractivity contribution in [1.82, 2.24) is 10.6 Å². The van der Waals surface area contributed by atoms with Crippen molar-refractivity contribution in [1.29, 1.82) is 0 Å². The van der Waals surface area contributed by atoms with Crippen molar-refractivity contribution in [2.24, 2.45) is 4.99 Å². The SMILES string of the molecule is CCNC(=NCc1ccccc1OCC)NCCOCCOC. The minimum absolute atomic E-state index is 0.566. The average Bonchev–Trinajstić information content (AvgIpc) is 2.57. The normalized spacial score (nSPS) is 11.3. The smallest absolute Gasteiger partial charge is 0.191 e. The fourth-order valence-electron chi connectivity index (χ4n) is 1.92. The summed E-state index contributed by atoms with van der Waals surface area (Å²) in [5, 5.41) is 6.48. The molecule has 1 rings (SSSR count). The Bertz CT molecular complexity index is 452. The summed E-state index contributed by atoms with van der Waals surface area (Å²) in [4.78, 5) is 4.59. The maximum Gasteiger partial charge on any atom is 0.191 e. The molecule has 0 aliphatic carbocycles. The summed E-state index contributed by atoms with van der Waals surface area (Å²) in [5.41, 5.74) is 1.07. The molecule has 0 bridgehead atoms. The van der Waals surface area contributed by atoms with Gasteiger partial charge in [0.25, 0.3) is 0 Å². The summed E-state index contributed by atoms with van der Waals surface area (Å²) in [5.74, 6) is 1.66. The summed E-state index contributed by atoms with van der Waals surface area (Å²) in [6, 6.07) is 7.97. The highest BCUT2D eigenvalue weighted by Crippen LogP contribution is 2.18. The predicted octanol–water partition coefficient (Wildman–Crippen LogP) is 1.80. The van der Waals surface area contributed by atoms with E-state index < -0.39 is 0 Å². The number of hydrogen-bond donors (Lipinski definition) is 2. The molecule has 1 aromatic rings. The molecule has 0 saturated heterocycles. The molecule has 0 heterocycles. The molecule has 23 heavy (non-hydrogen) atoms. The quantitative estimate of drug-likeness (QED) is 0.369. The van der Waals surface area contributed by atoms with Crippen LogP contribution in [0, 0.1) is 0 Å². The molecule has 2 N–H and O–H groups in total. The van der Waals surface area contributed by atoms with Crippen molar-refractivity contribution in [2.75, 3.05) is 46.6 Å². The van der Waals surface area contributed by atoms with Crippen LogP contribution in [0.2, 0.25) is 0 Å². The van der Waals surface area contributed by atoms with Crippen LogP contribution in [0.25, 0.3) is 0 Å². The number of guanidine groups is 1. The number of aliphatic imine (C=N–C) groups is 1. The summed E-state index contributed by atoms with van der Waals surface area (Å²) < 4.78 is 16.0. The minimum atomic E-state index is 0.566. The third-order valence-electron chi connectivity index (χ3n) is 2.99. The van der Waals surface area contributed by atoms with Crippen LogP contribution in [0.1, 0.15) is 19.4 Å². The number of methoxy groups -OCH3 is 1. The molecule has 6 heteroatoms. The highest BCUT2D eigenvalue weighted by Gasteiger charge is 2.03. The molecule has 0 fully saturated rings. The first-order valence-electron chi connectivity index (χ1n) is 8.11. The summed E-state index contributed by atoms with van der Waals surface area (Å²) in [6.07, 6.45) is 0. The van der Waals surface area contributed by atoms with E-state index in [2.05, 4.69) is 15.6 Å². The van der Waals surface area contributed by atoms with Crippen LogP contribution in [0.15, 0.2) is 29.3 Å². The van der Waals surface area contributed by atoms with E-state index in [0.717, 1.165) is 23.8 Å². The third-order valence-corrected chi connectivity index (χ3v) is 2.99. The van der Waals surface area contributed by atoms with Gasteiger partial charge in [0.1, 0.15) is 5.75 Å². The lowest BCUT2D eigenvalue weighted by Gasteiger charge is -2.12. The zero-order valence-electron chi connectivity index (χ0n) is 14.4. The molecule has 0 aliphatic rings. The van der Waals surface area contributed by atoms with E-state index in [4.69, 9.17) is 14.2 Å². The number of hydrogen-bond acceptors (Lipinski definition) is 4. The van der Waals surface area contributed by atoms with E-state index in [-0.39, 0.29) is 0 Å². The van der Waals surface area contributed by atoms with E-state index in [1.165, 1.54) is 0 Å². The van der Waals surface area contributed by atoms with Crippen molar-refractivity contribution >= 4 is 5.96 Å². The van der Waals surface area contributed by atoms with Gasteiger partial charge in [-0.3, -0.25) is 0 Å². The Balaban J connectivity index is 2.48. The van der Waals surface area contributed by atoms with Gasteiger partial charge in [0.15, 0.2) is 5.96 Å². The summed E-state index contributed by atoms with van der Waals surface area (Å²) in [7, 11) is 1.66. The fraction of sp³-hybridized carbons (Fsp3) is 0.588. The minimum Gasteiger partial charge on any atom is -0.494 e. The number of para-hydroxylation sites is 1. The Morgan fingerprint density at radius 3 is 2.65 bits per heavy atom. The van der Waals surface area contributed by atoms with Crippen LogP contribution in [0.5, 0.6) is 5.75 Å². The molecule has 0 saturated carbocycles. The molecule has 0 unspecified atom stereocenters. The van der Waals surface area contributed by atoms with Crippen LogP contribution in [0.3, 0.4) is 0 Å². The first kappa shape index (κ1) is 19.3. The molecular formula is C17H29N3O3. The number of benzene rings is 1. The van der Waals surface area contributed by atoms with Crippen molar-refractivity contribution < 1.29 is 14.2 Å². The van der Waals surface area contributed by atoms with Gasteiger partial charge in [0.05, 0.1) is 33.0 Å². The van der Waals surface area contributed by atoms with E-state index in [0.29, 0.717) is 39.5 Å². The van der Waals surface area contributed by atoms with Gasteiger partial charge in [-0.25, -0.2) is 4.99 Å². The number of nitrogens with one attached hydrogen (secondary N) is 2. The molecule has 6 nitrogen and oxygen atoms in total. The van der Waals surface area contributed by atoms with Crippen LogP contribution in [-0.4, -0.2) is 52.6 Å². The topological polar surface area (TPSA) is 64.1 Å². The Kier molecular flexibility index (Phi) is 10.7. The molecule has 1 aromatic carbocycles. The molecule has 0 amide bonds. The lowest BCUT2D eigenvalue weighted by Crippen LogP contribution is -2.39. The predicted molar refractivity (Wildman–Crippen MR) is 93.1 cm³/mol. The van der Waals surface area contributed by atoms with Crippen LogP contribution < -0.4 is 15.4 Å². The lowest BCUT2D eigenvalue weighted by atomic mass is 10.2. The third kappa shape index (κ3) is 8.42. The van der Waals surface area contributed by atoms with Gasteiger partial charge in [-0.05, 0) is 19.9 Å². The van der Waals surface area contributed by atoms with E-state index in [1.807, 2.05) is 38.1 Å². The van der Waals surface area contributed by atoms with Gasteiger partial charge in [-0.1, -0.05) is 18.2 Å². The molecule has 0 radical (unpaired) electrons. The summed E-state index contributed by atoms with van der Waals surface area (Å²) in [6.45, 7) is 8.58. The van der Waals surface area contributed by atoms with Gasteiger partial charge in [-0.2, -0.15) is 0 Å². The van der Waals surface area contributed by atoms with Crippen molar-refractivity contribution in [2.45, 2.75) is 20.4 Å². The van der Waals surface area contributed by atoms with Crippen LogP contribution in [-0.2, 0) is 16.0 Å². The zero-order valence-corrected chi connectivity index (χ0v) is 14.4. The number of rotatable bonds is 11. The largest absolute Gasteiger partial charge is 0.494 e. The van der Waals surface area contributed by atoms with Crippen molar-refractivity contribution in [3.05, 3.63) is 29.8 Å². The lowest BCUT2D eigenvalue weighted by molar-refractivity contribution is 0.0733. The standard InChI is InChI=1S/C17H29N3O3/c1-4-18-17(19-10-11-22-13-12-21-3)20-14-15-8-6-7-9-16(15)23-5-2/h6-9H,4-5,10-14H2,1-3H3,(H2,18,19,20). The molecule has 0 atom stereocenters. The zero-order chi connectivity index (χ0) is 16.8. The van der Waals surface area contributed by atoms with Crippen LogP contribution in [0.4, 0.5) is 0 Å². The first-order valence-corrected chi connectivity index (χ1v) is 8.11. The van der Waals surface area contributed by atoms with Gasteiger partial charge >= 0.3 is 0 Å². The second kappa shape index (κ2) is 12.7. The Morgan fingerprint density at radius 2 is 1.91 bits per heavy atom. The van der Waals surface area contributed by atoms with Crippen molar-refractivity contribution in [3.63, 3.8) is 0 Å². The Labute approximate surface area is 139 Å². The Hall–Kier alpha value is -1.79. The maximum atomic E-state index is 5.62. The van der Waals surface area contributed by atoms with E-state index in [9.17, 15) is 0 Å². The van der Waals surface area contributed by atoms with Gasteiger partial charge < -0.3 is 24.8 Å². The highest BCUT2D eigenvalue weighted by molar-refractivity contribution is 5.79. The molecule has 0 aliphatic heterocycles. The molecule has 0 aromatic heterocycles. The molecular weight excluding hydrogens is 294 g/mol. The highest BCUT2D eigenvalue weighted by atomic mass is 16.5. The Morgan fingerprint density at radius 1 is 1.09 bits per heavy atom. The monoisotopic (exact) mass is 323 g/mol. The van der Waals surface area contributed by atoms with Gasteiger partial charge in [-0.15, -0.1) is 0 Å². The van der Waals surface area contributed by atoms with E-state index >= 15 is 0 Å². The van der Waals surface area contributed by atoms with Crippen LogP contribution >= 0.6 is 0 Å². The van der Waals surface area contributed by atoms with Gasteiger partial charge in [0, 0.05) is 25.8 Å². The van der Waals surface area contributed by atoms with Gasteiger partial charge in [0.2, 0.25) is 0 Å². The number of ether oxygens (including phenoxy) is 3. The first-order chi connectivity index (χ1) is 11.3. The molecule has 130 valence electrons. The molecule has 0 spiro atoms. The average molecular weight is 323 g/mol. The number of nitrogens with zero attached hydrogens (tertiary/aromatic N) is 1. The second-order valence-corrected chi connectivity index (χ2v) is 4.77. The summed E-state index contributed by atoms with van der Waals surface area (Å²) >= 11 is 0.